The van der Waals surface area contributed by atoms with Gasteiger partial charge >= 0.3 is 0 Å². The van der Waals surface area contributed by atoms with Gasteiger partial charge in [0.1, 0.15) is 6.10 Å². The molecule has 0 fully saturated rings. The molecule has 64 valence electrons. The summed E-state index contributed by atoms with van der Waals surface area (Å²) in [6.07, 6.45) is -1.07. The molecular weight excluding hydrogens is 154 g/mol. The summed E-state index contributed by atoms with van der Waals surface area (Å²) in [7, 11) is 0. The standard InChI is InChI=1S/C9H11NO2/c10-6-8(11)9(12)7-4-2-1-3-5-7/h1-5,9,12H,6,10H2. The molecule has 1 atom stereocenters. The van der Waals surface area contributed by atoms with Gasteiger partial charge in [-0.25, -0.2) is 0 Å². The molecule has 1 unspecified atom stereocenters. The van der Waals surface area contributed by atoms with Crippen molar-refractivity contribution in [1.82, 2.24) is 0 Å². The van der Waals surface area contributed by atoms with Crippen LogP contribution in [0.15, 0.2) is 30.3 Å². The summed E-state index contributed by atoms with van der Waals surface area (Å²) in [6.45, 7) is -0.129. The number of nitrogens with two attached hydrogens (primary N) is 1. The molecule has 0 saturated heterocycles. The van der Waals surface area contributed by atoms with E-state index in [0.717, 1.165) is 0 Å². The van der Waals surface area contributed by atoms with Gasteiger partial charge in [0.05, 0.1) is 6.54 Å². The molecule has 0 aliphatic heterocycles. The van der Waals surface area contributed by atoms with Crippen LogP contribution in [0.3, 0.4) is 0 Å². The number of aliphatic hydroxyl groups excluding tert-OH is 1. The lowest BCUT2D eigenvalue weighted by molar-refractivity contribution is -0.125. The van der Waals surface area contributed by atoms with Gasteiger partial charge in [0.2, 0.25) is 0 Å². The zero-order chi connectivity index (χ0) is 8.97. The Morgan fingerprint density at radius 3 is 2.50 bits per heavy atom. The highest BCUT2D eigenvalue weighted by Gasteiger charge is 2.14. The van der Waals surface area contributed by atoms with Gasteiger partial charge in [-0.05, 0) is 5.56 Å². The van der Waals surface area contributed by atoms with Gasteiger partial charge in [0.25, 0.3) is 0 Å². The van der Waals surface area contributed by atoms with E-state index in [1.54, 1.807) is 24.3 Å². The van der Waals surface area contributed by atoms with E-state index >= 15 is 0 Å². The minimum atomic E-state index is -1.07. The number of benzene rings is 1. The maximum absolute atomic E-state index is 10.9. The first-order valence-corrected chi connectivity index (χ1v) is 3.71. The highest BCUT2D eigenvalue weighted by atomic mass is 16.3. The Morgan fingerprint density at radius 2 is 2.00 bits per heavy atom. The van der Waals surface area contributed by atoms with Crippen molar-refractivity contribution >= 4 is 5.78 Å². The Balaban J connectivity index is 2.78. The van der Waals surface area contributed by atoms with E-state index in [9.17, 15) is 9.90 Å². The summed E-state index contributed by atoms with van der Waals surface area (Å²) in [5, 5.41) is 9.36. The number of Topliss-reactive ketones (excluding diaryl/α,β-unsaturated/α-hetero) is 1. The summed E-state index contributed by atoms with van der Waals surface area (Å²) in [5.41, 5.74) is 5.69. The van der Waals surface area contributed by atoms with E-state index in [-0.39, 0.29) is 12.3 Å². The number of rotatable bonds is 3. The van der Waals surface area contributed by atoms with Crippen molar-refractivity contribution in [3.05, 3.63) is 35.9 Å². The molecule has 12 heavy (non-hydrogen) atoms. The van der Waals surface area contributed by atoms with Crippen molar-refractivity contribution in [1.29, 1.82) is 0 Å². The molecule has 1 aromatic carbocycles. The Kier molecular flexibility index (Phi) is 2.96. The van der Waals surface area contributed by atoms with Crippen LogP contribution in [0, 0.1) is 0 Å². The second-order valence-corrected chi connectivity index (χ2v) is 2.48. The molecule has 1 rings (SSSR count). The summed E-state index contributed by atoms with van der Waals surface area (Å²) in [5.74, 6) is -0.360. The van der Waals surface area contributed by atoms with Crippen molar-refractivity contribution in [2.24, 2.45) is 5.73 Å². The minimum Gasteiger partial charge on any atom is -0.380 e. The average molecular weight is 165 g/mol. The lowest BCUT2D eigenvalue weighted by Crippen LogP contribution is -2.21. The molecule has 3 nitrogen and oxygen atoms in total. The molecule has 0 aliphatic rings. The van der Waals surface area contributed by atoms with Crippen LogP contribution in [0.25, 0.3) is 0 Å². The highest BCUT2D eigenvalue weighted by molar-refractivity contribution is 5.85. The Morgan fingerprint density at radius 1 is 1.42 bits per heavy atom. The Hall–Kier alpha value is -1.19. The second-order valence-electron chi connectivity index (χ2n) is 2.48. The van der Waals surface area contributed by atoms with Gasteiger partial charge in [0.15, 0.2) is 5.78 Å². The topological polar surface area (TPSA) is 63.3 Å². The molecule has 3 N–H and O–H groups in total. The second kappa shape index (κ2) is 3.99. The number of hydrogen-bond acceptors (Lipinski definition) is 3. The maximum Gasteiger partial charge on any atom is 0.179 e. The first kappa shape index (κ1) is 8.90. The van der Waals surface area contributed by atoms with E-state index in [1.165, 1.54) is 0 Å². The number of carbonyl (C=O) groups excluding carboxylic acids is 1. The molecule has 0 bridgehead atoms. The van der Waals surface area contributed by atoms with Crippen LogP contribution in [0.5, 0.6) is 0 Å². The molecule has 0 aliphatic carbocycles. The van der Waals surface area contributed by atoms with E-state index in [4.69, 9.17) is 5.73 Å². The van der Waals surface area contributed by atoms with Crippen molar-refractivity contribution in [3.63, 3.8) is 0 Å². The van der Waals surface area contributed by atoms with Crippen molar-refractivity contribution < 1.29 is 9.90 Å². The molecule has 0 spiro atoms. The molecule has 0 aromatic heterocycles. The van der Waals surface area contributed by atoms with Crippen molar-refractivity contribution in [2.75, 3.05) is 6.54 Å². The van der Waals surface area contributed by atoms with Gasteiger partial charge in [-0.15, -0.1) is 0 Å². The highest BCUT2D eigenvalue weighted by Crippen LogP contribution is 2.11. The first-order valence-electron chi connectivity index (χ1n) is 3.71. The van der Waals surface area contributed by atoms with Gasteiger partial charge in [-0.1, -0.05) is 30.3 Å². The molecule has 1 aromatic rings. The van der Waals surface area contributed by atoms with E-state index in [2.05, 4.69) is 0 Å². The number of aliphatic hydroxyl groups is 1. The zero-order valence-corrected chi connectivity index (χ0v) is 6.60. The van der Waals surface area contributed by atoms with Gasteiger partial charge in [0, 0.05) is 0 Å². The average Bonchev–Trinajstić information content (AvgIpc) is 2.17. The fourth-order valence-corrected chi connectivity index (χ4v) is 0.933. The van der Waals surface area contributed by atoms with Crippen LogP contribution in [0.4, 0.5) is 0 Å². The van der Waals surface area contributed by atoms with Crippen LogP contribution in [0.2, 0.25) is 0 Å². The maximum atomic E-state index is 10.9. The molecule has 3 heteroatoms. The smallest absolute Gasteiger partial charge is 0.179 e. The summed E-state index contributed by atoms with van der Waals surface area (Å²) >= 11 is 0. The lowest BCUT2D eigenvalue weighted by Gasteiger charge is -2.07. The fourth-order valence-electron chi connectivity index (χ4n) is 0.933. The third-order valence-corrected chi connectivity index (χ3v) is 1.62. The zero-order valence-electron chi connectivity index (χ0n) is 6.60. The van der Waals surface area contributed by atoms with Crippen LogP contribution >= 0.6 is 0 Å². The lowest BCUT2D eigenvalue weighted by atomic mass is 10.1. The minimum absolute atomic E-state index is 0.129. The van der Waals surface area contributed by atoms with Crippen LogP contribution in [0.1, 0.15) is 11.7 Å². The van der Waals surface area contributed by atoms with E-state index in [0.29, 0.717) is 5.56 Å². The predicted octanol–water partition coefficient (Wildman–Crippen LogP) is 0.248. The quantitative estimate of drug-likeness (QED) is 0.674. The molecule has 0 radical (unpaired) electrons. The van der Waals surface area contributed by atoms with Gasteiger partial charge in [-0.3, -0.25) is 4.79 Å². The summed E-state index contributed by atoms with van der Waals surface area (Å²) < 4.78 is 0. The first-order chi connectivity index (χ1) is 5.75. The third kappa shape index (κ3) is 1.90. The summed E-state index contributed by atoms with van der Waals surface area (Å²) in [6, 6.07) is 8.74. The van der Waals surface area contributed by atoms with Crippen LogP contribution in [-0.4, -0.2) is 17.4 Å². The predicted molar refractivity (Wildman–Crippen MR) is 45.5 cm³/mol. The number of hydrogen-bond donors (Lipinski definition) is 2. The number of carbonyl (C=O) groups is 1. The molecule has 0 amide bonds. The number of ketones is 1. The molecule has 0 heterocycles. The Bertz CT molecular complexity index is 258. The molecule has 0 saturated carbocycles. The van der Waals surface area contributed by atoms with E-state index < -0.39 is 6.10 Å². The van der Waals surface area contributed by atoms with Crippen LogP contribution in [-0.2, 0) is 4.79 Å². The normalized spacial score (nSPS) is 12.5. The van der Waals surface area contributed by atoms with Gasteiger partial charge < -0.3 is 10.8 Å². The summed E-state index contributed by atoms with van der Waals surface area (Å²) in [4.78, 5) is 10.9. The molecular formula is C9H11NO2. The fraction of sp³-hybridized carbons (Fsp3) is 0.222. The largest absolute Gasteiger partial charge is 0.380 e. The van der Waals surface area contributed by atoms with Crippen molar-refractivity contribution in [2.45, 2.75) is 6.10 Å². The van der Waals surface area contributed by atoms with E-state index in [1.807, 2.05) is 6.07 Å². The van der Waals surface area contributed by atoms with Crippen molar-refractivity contribution in [3.8, 4) is 0 Å². The van der Waals surface area contributed by atoms with Crippen LogP contribution < -0.4 is 5.73 Å². The monoisotopic (exact) mass is 165 g/mol. The Labute approximate surface area is 70.8 Å². The third-order valence-electron chi connectivity index (χ3n) is 1.62. The SMILES string of the molecule is NCC(=O)C(O)c1ccccc1. The van der Waals surface area contributed by atoms with Gasteiger partial charge in [-0.2, -0.15) is 0 Å².